The molecule has 0 amide bonds. The number of rotatable bonds is 12. The van der Waals surface area contributed by atoms with E-state index in [0.717, 1.165) is 16.7 Å². The van der Waals surface area contributed by atoms with Crippen LogP contribution in [0.2, 0.25) is 5.02 Å². The monoisotopic (exact) mass is 579 g/mol. The number of sulfone groups is 1. The lowest BCUT2D eigenvalue weighted by Crippen LogP contribution is -2.23. The Kier molecular flexibility index (Phi) is 9.60. The smallest absolute Gasteiger partial charge is 0.339 e. The maximum absolute atomic E-state index is 13.2. The molecule has 9 heteroatoms. The zero-order chi connectivity index (χ0) is 28.7. The van der Waals surface area contributed by atoms with Crippen molar-refractivity contribution in [1.82, 2.24) is 5.32 Å². The van der Waals surface area contributed by atoms with Crippen LogP contribution in [-0.4, -0.2) is 37.7 Å². The maximum atomic E-state index is 13.2. The average Bonchev–Trinajstić information content (AvgIpc) is 2.95. The van der Waals surface area contributed by atoms with Crippen LogP contribution >= 0.6 is 11.6 Å². The molecule has 0 aromatic heterocycles. The number of aliphatic hydroxyl groups is 1. The molecule has 0 bridgehead atoms. The van der Waals surface area contributed by atoms with Gasteiger partial charge in [0, 0.05) is 11.6 Å². The van der Waals surface area contributed by atoms with E-state index in [4.69, 9.17) is 16.3 Å². The first-order valence-corrected chi connectivity index (χ1v) is 14.7. The molecule has 0 fully saturated rings. The van der Waals surface area contributed by atoms with Crippen LogP contribution in [0.5, 0.6) is 11.5 Å². The highest BCUT2D eigenvalue weighted by Crippen LogP contribution is 2.31. The van der Waals surface area contributed by atoms with Crippen molar-refractivity contribution in [2.75, 3.05) is 13.1 Å². The van der Waals surface area contributed by atoms with E-state index in [2.05, 4.69) is 5.32 Å². The molecule has 7 nitrogen and oxygen atoms in total. The van der Waals surface area contributed by atoms with Crippen LogP contribution in [0.1, 0.15) is 40.1 Å². The van der Waals surface area contributed by atoms with Crippen LogP contribution < -0.4 is 10.1 Å². The van der Waals surface area contributed by atoms with E-state index in [0.29, 0.717) is 36.7 Å². The molecular weight excluding hydrogens is 550 g/mol. The lowest BCUT2D eigenvalue weighted by Gasteiger charge is -2.13. The fraction of sp³-hybridized carbons (Fsp3) is 0.194. The highest BCUT2D eigenvalue weighted by Gasteiger charge is 2.19. The summed E-state index contributed by atoms with van der Waals surface area (Å²) in [5.74, 6) is -0.512. The normalized spacial score (nSPS) is 12.2. The lowest BCUT2D eigenvalue weighted by molar-refractivity contribution is 0.0694. The minimum absolute atomic E-state index is 0.0450. The predicted octanol–water partition coefficient (Wildman–Crippen LogP) is 6.09. The number of hydrogen-bond acceptors (Lipinski definition) is 6. The first-order valence-electron chi connectivity index (χ1n) is 12.8. The average molecular weight is 580 g/mol. The van der Waals surface area contributed by atoms with Crippen LogP contribution in [-0.2, 0) is 22.7 Å². The summed E-state index contributed by atoms with van der Waals surface area (Å²) in [6.07, 6.45) is 0.565. The molecule has 208 valence electrons. The third-order valence-electron chi connectivity index (χ3n) is 6.46. The molecule has 1 atom stereocenters. The van der Waals surface area contributed by atoms with E-state index in [1.165, 1.54) is 30.3 Å². The zero-order valence-corrected chi connectivity index (χ0v) is 23.5. The second kappa shape index (κ2) is 13.1. The second-order valence-electron chi connectivity index (χ2n) is 9.20. The van der Waals surface area contributed by atoms with E-state index >= 15 is 0 Å². The van der Waals surface area contributed by atoms with Gasteiger partial charge >= 0.3 is 5.97 Å². The summed E-state index contributed by atoms with van der Waals surface area (Å²) < 4.78 is 32.2. The van der Waals surface area contributed by atoms with Gasteiger partial charge in [0.25, 0.3) is 0 Å². The largest absolute Gasteiger partial charge is 0.478 e. The molecule has 0 aliphatic heterocycles. The van der Waals surface area contributed by atoms with Crippen molar-refractivity contribution >= 4 is 27.4 Å². The third kappa shape index (κ3) is 7.08. The molecule has 0 aliphatic rings. The van der Waals surface area contributed by atoms with Crippen LogP contribution in [0.15, 0.2) is 101 Å². The van der Waals surface area contributed by atoms with Gasteiger partial charge in [0.1, 0.15) is 17.1 Å². The summed E-state index contributed by atoms with van der Waals surface area (Å²) in [6, 6.07) is 24.7. The van der Waals surface area contributed by atoms with Crippen molar-refractivity contribution in [2.24, 2.45) is 0 Å². The Hall–Kier alpha value is -3.69. The number of aromatic carboxylic acids is 1. The number of hydrogen-bond donors (Lipinski definition) is 3. The van der Waals surface area contributed by atoms with Crippen molar-refractivity contribution in [3.8, 4) is 11.5 Å². The van der Waals surface area contributed by atoms with E-state index in [1.54, 1.807) is 54.6 Å². The van der Waals surface area contributed by atoms with Crippen molar-refractivity contribution in [3.63, 3.8) is 0 Å². The van der Waals surface area contributed by atoms with E-state index in [9.17, 15) is 23.4 Å². The summed E-state index contributed by atoms with van der Waals surface area (Å²) in [4.78, 5) is 11.9. The number of halogens is 1. The summed E-state index contributed by atoms with van der Waals surface area (Å²) in [6.45, 7) is 2.88. The second-order valence-corrected chi connectivity index (χ2v) is 11.6. The number of carbonyl (C=O) groups is 1. The molecule has 3 N–H and O–H groups in total. The van der Waals surface area contributed by atoms with Crippen LogP contribution in [0, 0.1) is 0 Å². The standard InChI is InChI=1S/C31H30ClNO6S/c1-2-22-5-4-8-28(31(35)36)30(22)39-25-11-15-27(16-12-25)40(37,38)26-13-9-21(10-14-26)17-18-33-20-29(34)23-6-3-7-24(32)19-23/h3-16,19,29,33-34H,2,17-18,20H2,1H3,(H,35,36)/t29-/m0/s1. The fourth-order valence-corrected chi connectivity index (χ4v) is 5.69. The van der Waals surface area contributed by atoms with Crippen LogP contribution in [0.3, 0.4) is 0 Å². The van der Waals surface area contributed by atoms with E-state index < -0.39 is 21.9 Å². The number of ether oxygens (including phenoxy) is 1. The number of aliphatic hydroxyl groups excluding tert-OH is 1. The predicted molar refractivity (Wildman–Crippen MR) is 154 cm³/mol. The number of carboxylic acid groups (broad SMARTS) is 1. The van der Waals surface area contributed by atoms with Gasteiger partial charge in [0.05, 0.1) is 15.9 Å². The van der Waals surface area contributed by atoms with Gasteiger partial charge in [-0.15, -0.1) is 0 Å². The molecule has 0 unspecified atom stereocenters. The van der Waals surface area contributed by atoms with E-state index in [-0.39, 0.29) is 21.1 Å². The van der Waals surface area contributed by atoms with E-state index in [1.807, 2.05) is 13.0 Å². The van der Waals surface area contributed by atoms with Gasteiger partial charge in [-0.1, -0.05) is 54.9 Å². The quantitative estimate of drug-likeness (QED) is 0.174. The summed E-state index contributed by atoms with van der Waals surface area (Å²) in [5, 5.41) is 23.6. The molecule has 4 aromatic rings. The molecular formula is C31H30ClNO6S. The Morgan fingerprint density at radius 1 is 0.950 bits per heavy atom. The Balaban J connectivity index is 1.37. The summed E-state index contributed by atoms with van der Waals surface area (Å²) in [5.41, 5.74) is 2.48. The van der Waals surface area contributed by atoms with Crippen LogP contribution in [0.25, 0.3) is 0 Å². The minimum atomic E-state index is -3.76. The molecule has 0 saturated heterocycles. The van der Waals surface area contributed by atoms with Crippen LogP contribution in [0.4, 0.5) is 0 Å². The Bertz CT molecular complexity index is 1570. The van der Waals surface area contributed by atoms with Gasteiger partial charge in [-0.25, -0.2) is 13.2 Å². The van der Waals surface area contributed by atoms with Gasteiger partial charge in [0.2, 0.25) is 9.84 Å². The number of benzene rings is 4. The van der Waals surface area contributed by atoms with Gasteiger partial charge in [-0.2, -0.15) is 0 Å². The first-order chi connectivity index (χ1) is 19.2. The Labute approximate surface area is 238 Å². The molecule has 0 spiro atoms. The van der Waals surface area contributed by atoms with Gasteiger partial charge < -0.3 is 20.3 Å². The SMILES string of the molecule is CCc1cccc(C(=O)O)c1Oc1ccc(S(=O)(=O)c2ccc(CCNC[C@H](O)c3cccc(Cl)c3)cc2)cc1. The molecule has 40 heavy (non-hydrogen) atoms. The highest BCUT2D eigenvalue weighted by molar-refractivity contribution is 7.91. The van der Waals surface area contributed by atoms with Crippen molar-refractivity contribution in [2.45, 2.75) is 35.7 Å². The number of nitrogens with one attached hydrogen (secondary N) is 1. The number of para-hydroxylation sites is 1. The van der Waals surface area contributed by atoms with Gasteiger partial charge in [-0.05, 0) is 90.7 Å². The van der Waals surface area contributed by atoms with Crippen molar-refractivity contribution in [1.29, 1.82) is 0 Å². The van der Waals surface area contributed by atoms with Gasteiger partial charge in [-0.3, -0.25) is 0 Å². The zero-order valence-electron chi connectivity index (χ0n) is 21.9. The minimum Gasteiger partial charge on any atom is -0.478 e. The van der Waals surface area contributed by atoms with Gasteiger partial charge in [0.15, 0.2) is 0 Å². The summed E-state index contributed by atoms with van der Waals surface area (Å²) >= 11 is 5.98. The molecule has 0 aliphatic carbocycles. The Morgan fingerprint density at radius 3 is 2.23 bits per heavy atom. The first kappa shape index (κ1) is 29.3. The van der Waals surface area contributed by atoms with Crippen molar-refractivity contribution < 1.29 is 28.2 Å². The molecule has 4 rings (SSSR count). The third-order valence-corrected chi connectivity index (χ3v) is 8.48. The number of carboxylic acids is 1. The van der Waals surface area contributed by atoms with Crippen molar-refractivity contribution in [3.05, 3.63) is 118 Å². The molecule has 0 heterocycles. The molecule has 4 aromatic carbocycles. The maximum Gasteiger partial charge on any atom is 0.339 e. The molecule has 0 radical (unpaired) electrons. The lowest BCUT2D eigenvalue weighted by atomic mass is 10.1. The highest BCUT2D eigenvalue weighted by atomic mass is 35.5. The topological polar surface area (TPSA) is 113 Å². The number of aryl methyl sites for hydroxylation is 1. The summed E-state index contributed by atoms with van der Waals surface area (Å²) in [7, 11) is -3.76. The molecule has 0 saturated carbocycles. The Morgan fingerprint density at radius 2 is 1.60 bits per heavy atom. The fourth-order valence-electron chi connectivity index (χ4n) is 4.23.